The summed E-state index contributed by atoms with van der Waals surface area (Å²) in [5, 5.41) is 32.9. The number of aliphatic hydroxyl groups excluding tert-OH is 1. The van der Waals surface area contributed by atoms with Crippen molar-refractivity contribution in [2.45, 2.75) is 44.0 Å². The lowest BCUT2D eigenvalue weighted by Gasteiger charge is -2.24. The number of nitrogens with one attached hydrogen (secondary N) is 2. The maximum atomic E-state index is 12.6. The fraction of sp³-hybridized carbons (Fsp3) is 0.500. The van der Waals surface area contributed by atoms with Gasteiger partial charge in [0.15, 0.2) is 6.04 Å². The number of rotatable bonds is 11. The zero-order valence-electron chi connectivity index (χ0n) is 15.8. The molecule has 0 aliphatic heterocycles. The van der Waals surface area contributed by atoms with Gasteiger partial charge in [0.05, 0.1) is 12.1 Å². The van der Waals surface area contributed by atoms with Crippen molar-refractivity contribution in [2.24, 2.45) is 5.73 Å². The third-order valence-corrected chi connectivity index (χ3v) is 4.67. The Morgan fingerprint density at radius 2 is 1.75 bits per heavy atom. The minimum Gasteiger partial charge on any atom is -0.508 e. The summed E-state index contributed by atoms with van der Waals surface area (Å²) in [5.41, 5.74) is 6.48. The lowest BCUT2D eigenvalue weighted by Crippen LogP contribution is -2.57. The summed E-state index contributed by atoms with van der Waals surface area (Å²) in [6, 6.07) is 2.61. The van der Waals surface area contributed by atoms with Gasteiger partial charge in [-0.3, -0.25) is 9.59 Å². The van der Waals surface area contributed by atoms with Gasteiger partial charge in [-0.2, -0.15) is 11.8 Å². The molecule has 28 heavy (non-hydrogen) atoms. The highest BCUT2D eigenvalue weighted by Gasteiger charge is 2.30. The number of thioether (sulfide) groups is 1. The Morgan fingerprint density at radius 3 is 2.25 bits per heavy atom. The summed E-state index contributed by atoms with van der Waals surface area (Å²) in [6.07, 6.45) is 1.04. The Morgan fingerprint density at radius 1 is 1.14 bits per heavy atom. The van der Waals surface area contributed by atoms with E-state index in [1.807, 2.05) is 6.26 Å². The molecule has 9 nitrogen and oxygen atoms in total. The summed E-state index contributed by atoms with van der Waals surface area (Å²) in [4.78, 5) is 36.2. The van der Waals surface area contributed by atoms with Crippen LogP contribution in [0.15, 0.2) is 24.3 Å². The van der Waals surface area contributed by atoms with Crippen molar-refractivity contribution in [3.8, 4) is 5.75 Å². The van der Waals surface area contributed by atoms with Crippen molar-refractivity contribution >= 4 is 29.5 Å². The maximum Gasteiger partial charge on any atom is 0.328 e. The molecule has 2 amide bonds. The molecule has 10 heteroatoms. The summed E-state index contributed by atoms with van der Waals surface area (Å²) in [5.74, 6) is -1.96. The second-order valence-electron chi connectivity index (χ2n) is 6.38. The molecular weight excluding hydrogens is 386 g/mol. The van der Waals surface area contributed by atoms with Gasteiger partial charge in [-0.1, -0.05) is 12.1 Å². The number of hydrogen-bond donors (Lipinski definition) is 6. The Hall–Kier alpha value is -2.30. The molecule has 0 aliphatic carbocycles. The van der Waals surface area contributed by atoms with Gasteiger partial charge in [-0.05, 0) is 43.0 Å². The number of carboxylic acids is 1. The molecule has 0 saturated carbocycles. The van der Waals surface area contributed by atoms with E-state index in [4.69, 9.17) is 10.8 Å². The van der Waals surface area contributed by atoms with E-state index in [9.17, 15) is 24.6 Å². The fourth-order valence-corrected chi connectivity index (χ4v) is 2.86. The van der Waals surface area contributed by atoms with Crippen LogP contribution in [0.4, 0.5) is 0 Å². The molecule has 0 heterocycles. The normalized spacial score (nSPS) is 15.1. The molecule has 0 bridgehead atoms. The Balaban J connectivity index is 2.95. The standard InChI is InChI=1S/C18H27N3O6S/c1-10(22)15(18(26)27)21-17(25)14(9-11-3-5-12(23)6-4-11)20-16(24)13(19)7-8-28-2/h3-6,10,13-15,22-23H,7-9,19H2,1-2H3,(H,20,24)(H,21,25)(H,26,27). The van der Waals surface area contributed by atoms with E-state index in [1.54, 1.807) is 12.1 Å². The predicted octanol–water partition coefficient (Wildman–Crippen LogP) is -0.550. The van der Waals surface area contributed by atoms with E-state index in [-0.39, 0.29) is 12.2 Å². The molecule has 1 aromatic rings. The van der Waals surface area contributed by atoms with E-state index in [0.29, 0.717) is 17.7 Å². The van der Waals surface area contributed by atoms with Crippen LogP contribution < -0.4 is 16.4 Å². The molecule has 1 rings (SSSR count). The van der Waals surface area contributed by atoms with Gasteiger partial charge in [0, 0.05) is 6.42 Å². The van der Waals surface area contributed by atoms with Crippen molar-refractivity contribution in [1.82, 2.24) is 10.6 Å². The van der Waals surface area contributed by atoms with Crippen LogP contribution in [0, 0.1) is 0 Å². The number of aliphatic hydroxyl groups is 1. The highest BCUT2D eigenvalue weighted by molar-refractivity contribution is 7.98. The largest absolute Gasteiger partial charge is 0.508 e. The number of benzene rings is 1. The lowest BCUT2D eigenvalue weighted by atomic mass is 10.0. The SMILES string of the molecule is CSCCC(N)C(=O)NC(Cc1ccc(O)cc1)C(=O)NC(C(=O)O)C(C)O. The number of phenolic OH excluding ortho intramolecular Hbond substituents is 1. The van der Waals surface area contributed by atoms with Crippen molar-refractivity contribution in [3.05, 3.63) is 29.8 Å². The molecular formula is C18H27N3O6S. The van der Waals surface area contributed by atoms with Crippen LogP contribution in [0.25, 0.3) is 0 Å². The summed E-state index contributed by atoms with van der Waals surface area (Å²) in [6.45, 7) is 1.24. The van der Waals surface area contributed by atoms with Gasteiger partial charge in [0.1, 0.15) is 11.8 Å². The molecule has 0 aliphatic rings. The molecule has 0 radical (unpaired) electrons. The van der Waals surface area contributed by atoms with Gasteiger partial charge < -0.3 is 31.7 Å². The number of amides is 2. The zero-order chi connectivity index (χ0) is 21.3. The minimum atomic E-state index is -1.52. The average molecular weight is 413 g/mol. The fourth-order valence-electron chi connectivity index (χ4n) is 2.37. The van der Waals surface area contributed by atoms with E-state index >= 15 is 0 Å². The summed E-state index contributed by atoms with van der Waals surface area (Å²) < 4.78 is 0. The number of aliphatic carboxylic acids is 1. The molecule has 1 aromatic carbocycles. The summed E-state index contributed by atoms with van der Waals surface area (Å²) >= 11 is 1.54. The van der Waals surface area contributed by atoms with Gasteiger partial charge in [0.2, 0.25) is 11.8 Å². The Kier molecular flexibility index (Phi) is 9.77. The first kappa shape index (κ1) is 23.7. The van der Waals surface area contributed by atoms with Crippen molar-refractivity contribution in [2.75, 3.05) is 12.0 Å². The van der Waals surface area contributed by atoms with Gasteiger partial charge >= 0.3 is 5.97 Å². The molecule has 0 saturated heterocycles. The average Bonchev–Trinajstić information content (AvgIpc) is 2.64. The van der Waals surface area contributed by atoms with Gasteiger partial charge in [-0.25, -0.2) is 4.79 Å². The second kappa shape index (κ2) is 11.5. The third kappa shape index (κ3) is 7.75. The molecule has 0 fully saturated rings. The van der Waals surface area contributed by atoms with Crippen LogP contribution in [-0.4, -0.2) is 69.3 Å². The van der Waals surface area contributed by atoms with Crippen molar-refractivity contribution < 1.29 is 29.7 Å². The zero-order valence-corrected chi connectivity index (χ0v) is 16.6. The topological polar surface area (TPSA) is 162 Å². The number of aromatic hydroxyl groups is 1. The number of hydrogen-bond acceptors (Lipinski definition) is 7. The Bertz CT molecular complexity index is 668. The highest BCUT2D eigenvalue weighted by atomic mass is 32.2. The molecule has 0 aromatic heterocycles. The van der Waals surface area contributed by atoms with Gasteiger partial charge in [0.25, 0.3) is 0 Å². The molecule has 4 unspecified atom stereocenters. The van der Waals surface area contributed by atoms with E-state index in [0.717, 1.165) is 0 Å². The van der Waals surface area contributed by atoms with Crippen LogP contribution in [0.5, 0.6) is 5.75 Å². The molecule has 0 spiro atoms. The van der Waals surface area contributed by atoms with Crippen molar-refractivity contribution in [1.29, 1.82) is 0 Å². The van der Waals surface area contributed by atoms with Crippen LogP contribution in [0.3, 0.4) is 0 Å². The van der Waals surface area contributed by atoms with E-state index < -0.39 is 42.0 Å². The quantitative estimate of drug-likeness (QED) is 0.281. The first-order valence-corrected chi connectivity index (χ1v) is 10.1. The number of nitrogens with two attached hydrogens (primary N) is 1. The Labute approximate surface area is 167 Å². The number of carboxylic acid groups (broad SMARTS) is 1. The summed E-state index contributed by atoms with van der Waals surface area (Å²) in [7, 11) is 0. The second-order valence-corrected chi connectivity index (χ2v) is 7.37. The molecule has 4 atom stereocenters. The van der Waals surface area contributed by atoms with Gasteiger partial charge in [-0.15, -0.1) is 0 Å². The predicted molar refractivity (Wildman–Crippen MR) is 106 cm³/mol. The van der Waals surface area contributed by atoms with Crippen LogP contribution >= 0.6 is 11.8 Å². The molecule has 7 N–H and O–H groups in total. The first-order valence-electron chi connectivity index (χ1n) is 8.69. The monoisotopic (exact) mass is 413 g/mol. The lowest BCUT2D eigenvalue weighted by molar-refractivity contribution is -0.145. The van der Waals surface area contributed by atoms with Crippen LogP contribution in [0.2, 0.25) is 0 Å². The smallest absolute Gasteiger partial charge is 0.328 e. The van der Waals surface area contributed by atoms with E-state index in [1.165, 1.54) is 30.8 Å². The highest BCUT2D eigenvalue weighted by Crippen LogP contribution is 2.12. The minimum absolute atomic E-state index is 0.0490. The third-order valence-electron chi connectivity index (χ3n) is 4.03. The van der Waals surface area contributed by atoms with Crippen LogP contribution in [0.1, 0.15) is 18.9 Å². The first-order chi connectivity index (χ1) is 13.1. The van der Waals surface area contributed by atoms with E-state index in [2.05, 4.69) is 10.6 Å². The number of phenols is 1. The number of carbonyl (C=O) groups is 3. The van der Waals surface area contributed by atoms with Crippen molar-refractivity contribution in [3.63, 3.8) is 0 Å². The van der Waals surface area contributed by atoms with Crippen LogP contribution in [-0.2, 0) is 20.8 Å². The molecule has 156 valence electrons. The maximum absolute atomic E-state index is 12.6. The number of carbonyl (C=O) groups excluding carboxylic acids is 2.